The Morgan fingerprint density at radius 3 is 2.15 bits per heavy atom. The Labute approximate surface area is 301 Å². The van der Waals surface area contributed by atoms with Gasteiger partial charge >= 0.3 is 0 Å². The van der Waals surface area contributed by atoms with E-state index in [-0.39, 0.29) is 0 Å². The third-order valence-corrected chi connectivity index (χ3v) is 10.6. The van der Waals surface area contributed by atoms with Gasteiger partial charge in [0.25, 0.3) is 0 Å². The van der Waals surface area contributed by atoms with Gasteiger partial charge < -0.3 is 4.57 Å². The number of pyridine rings is 1. The van der Waals surface area contributed by atoms with E-state index in [4.69, 9.17) is 4.98 Å². The SMILES string of the molecule is C=c1/c2n(-c3ccccc3)c3cc(-c4cccc(-c5ccc6ccc7c(-c8ccccn8)ccc8ccc5c6c87)c4)cc(c13)/C=C\C/C=C(C#N)\C=2. The van der Waals surface area contributed by atoms with E-state index >= 15 is 0 Å². The maximum Gasteiger partial charge on any atom is 0.0989 e. The molecule has 2 heterocycles. The maximum atomic E-state index is 9.97. The standard InChI is InChI=1S/C49H31N3/c1-31-45-26-32(30-50)10-5-6-11-37-28-38(29-46(47(31)37)52(45)39-14-3-2-4-15-39)35-12-9-13-36(27-35)40-21-17-33-20-24-43-41(44-16-7-8-25-51-44)22-18-34-19-23-42(40)48(33)49(34)43/h2-4,6-29H,1,5H2/b11-6-,32-10+,45-26-. The van der Waals surface area contributed by atoms with Crippen LogP contribution in [0, 0.1) is 11.3 Å². The zero-order chi connectivity index (χ0) is 34.8. The fourth-order valence-corrected chi connectivity index (χ4v) is 8.19. The first-order valence-corrected chi connectivity index (χ1v) is 17.6. The molecule has 9 aromatic rings. The maximum absolute atomic E-state index is 9.97. The Bertz CT molecular complexity index is 3100. The van der Waals surface area contributed by atoms with Gasteiger partial charge in [-0.15, -0.1) is 0 Å². The van der Waals surface area contributed by atoms with Gasteiger partial charge in [0.1, 0.15) is 0 Å². The first kappa shape index (κ1) is 29.9. The van der Waals surface area contributed by atoms with Crippen molar-refractivity contribution in [2.75, 3.05) is 0 Å². The smallest absolute Gasteiger partial charge is 0.0989 e. The number of fused-ring (bicyclic) bond motifs is 1. The summed E-state index contributed by atoms with van der Waals surface area (Å²) in [6.07, 6.45) is 10.8. The van der Waals surface area contributed by atoms with Crippen LogP contribution in [0.4, 0.5) is 0 Å². The molecule has 0 saturated heterocycles. The summed E-state index contributed by atoms with van der Waals surface area (Å²) >= 11 is 0. The molecule has 0 aliphatic heterocycles. The van der Waals surface area contributed by atoms with Crippen LogP contribution < -0.4 is 10.6 Å². The van der Waals surface area contributed by atoms with Crippen molar-refractivity contribution in [2.24, 2.45) is 0 Å². The molecule has 0 spiro atoms. The minimum Gasteiger partial charge on any atom is -0.309 e. The van der Waals surface area contributed by atoms with E-state index < -0.39 is 0 Å². The van der Waals surface area contributed by atoms with E-state index in [9.17, 15) is 5.26 Å². The molecule has 0 saturated carbocycles. The normalized spacial score (nSPS) is 15.1. The lowest BCUT2D eigenvalue weighted by Gasteiger charge is -2.17. The number of para-hydroxylation sites is 1. The van der Waals surface area contributed by atoms with Crippen molar-refractivity contribution < 1.29 is 0 Å². The monoisotopic (exact) mass is 661 g/mol. The number of rotatable bonds is 4. The lowest BCUT2D eigenvalue weighted by molar-refractivity contribution is 1.07. The number of aromatic nitrogens is 2. The Kier molecular flexibility index (Phi) is 6.77. The number of benzene rings is 7. The van der Waals surface area contributed by atoms with Crippen molar-refractivity contribution in [1.82, 2.24) is 9.55 Å². The molecule has 242 valence electrons. The molecule has 0 unspecified atom stereocenters. The van der Waals surface area contributed by atoms with Crippen LogP contribution >= 0.6 is 0 Å². The van der Waals surface area contributed by atoms with E-state index in [1.807, 2.05) is 30.5 Å². The van der Waals surface area contributed by atoms with Crippen LogP contribution in [0.2, 0.25) is 0 Å². The van der Waals surface area contributed by atoms with Gasteiger partial charge in [-0.3, -0.25) is 4.98 Å². The molecule has 0 atom stereocenters. The van der Waals surface area contributed by atoms with Crippen LogP contribution in [-0.2, 0) is 0 Å². The van der Waals surface area contributed by atoms with E-state index in [0.717, 1.165) is 55.1 Å². The van der Waals surface area contributed by atoms with Crippen molar-refractivity contribution >= 4 is 62.0 Å². The molecule has 0 N–H and O–H groups in total. The summed E-state index contributed by atoms with van der Waals surface area (Å²) < 4.78 is 2.25. The van der Waals surface area contributed by atoms with Crippen molar-refractivity contribution in [3.05, 3.63) is 174 Å². The molecule has 10 rings (SSSR count). The van der Waals surface area contributed by atoms with Gasteiger partial charge in [-0.2, -0.15) is 5.26 Å². The number of nitriles is 1. The Morgan fingerprint density at radius 1 is 0.654 bits per heavy atom. The Morgan fingerprint density at radius 2 is 1.38 bits per heavy atom. The second kappa shape index (κ2) is 11.8. The second-order valence-electron chi connectivity index (χ2n) is 13.5. The molecule has 52 heavy (non-hydrogen) atoms. The van der Waals surface area contributed by atoms with Gasteiger partial charge in [0.15, 0.2) is 0 Å². The fourth-order valence-electron chi connectivity index (χ4n) is 8.19. The van der Waals surface area contributed by atoms with Crippen LogP contribution in [0.5, 0.6) is 0 Å². The van der Waals surface area contributed by atoms with E-state index in [0.29, 0.717) is 12.0 Å². The molecule has 1 aliphatic carbocycles. The molecule has 2 aromatic heterocycles. The number of allylic oxidation sites excluding steroid dienone is 3. The molecule has 0 fully saturated rings. The van der Waals surface area contributed by atoms with Gasteiger partial charge in [-0.1, -0.05) is 116 Å². The van der Waals surface area contributed by atoms with Gasteiger partial charge in [-0.05, 0) is 115 Å². The average Bonchev–Trinajstić information content (AvgIpc) is 3.48. The highest BCUT2D eigenvalue weighted by Crippen LogP contribution is 2.42. The number of hydrogen-bond donors (Lipinski definition) is 0. The quantitative estimate of drug-likeness (QED) is 0.176. The zero-order valence-electron chi connectivity index (χ0n) is 28.3. The van der Waals surface area contributed by atoms with Crippen LogP contribution in [0.3, 0.4) is 0 Å². The highest BCUT2D eigenvalue weighted by Gasteiger charge is 2.18. The van der Waals surface area contributed by atoms with E-state index in [1.165, 1.54) is 43.4 Å². The fraction of sp³-hybridized carbons (Fsp3) is 0.0204. The molecule has 7 aromatic carbocycles. The van der Waals surface area contributed by atoms with Gasteiger partial charge in [0.2, 0.25) is 0 Å². The number of nitrogens with zero attached hydrogens (tertiary/aromatic N) is 3. The minimum absolute atomic E-state index is 0.632. The zero-order valence-corrected chi connectivity index (χ0v) is 28.3. The molecular formula is C49H31N3. The van der Waals surface area contributed by atoms with Crippen molar-refractivity contribution in [3.8, 4) is 45.3 Å². The molecule has 2 bridgehead atoms. The van der Waals surface area contributed by atoms with E-state index in [2.05, 4.69) is 151 Å². The van der Waals surface area contributed by atoms with Gasteiger partial charge in [-0.25, -0.2) is 0 Å². The van der Waals surface area contributed by atoms with Crippen LogP contribution in [-0.4, -0.2) is 9.55 Å². The highest BCUT2D eigenvalue weighted by atomic mass is 15.0. The lowest BCUT2D eigenvalue weighted by atomic mass is 9.87. The summed E-state index contributed by atoms with van der Waals surface area (Å²) in [6, 6.07) is 50.3. The summed E-state index contributed by atoms with van der Waals surface area (Å²) in [5, 5.41) is 20.4. The predicted molar refractivity (Wildman–Crippen MR) is 218 cm³/mol. The number of hydrogen-bond acceptors (Lipinski definition) is 2. The first-order chi connectivity index (χ1) is 25.7. The molecule has 0 amide bonds. The largest absolute Gasteiger partial charge is 0.309 e. The van der Waals surface area contributed by atoms with Crippen LogP contribution in [0.1, 0.15) is 12.0 Å². The first-order valence-electron chi connectivity index (χ1n) is 17.6. The molecule has 0 radical (unpaired) electrons. The molecular weight excluding hydrogens is 631 g/mol. The van der Waals surface area contributed by atoms with Crippen LogP contribution in [0.15, 0.2) is 157 Å². The minimum atomic E-state index is 0.632. The molecule has 3 nitrogen and oxygen atoms in total. The predicted octanol–water partition coefficient (Wildman–Crippen LogP) is 11.0. The van der Waals surface area contributed by atoms with Gasteiger partial charge in [0.05, 0.1) is 28.2 Å². The summed E-state index contributed by atoms with van der Waals surface area (Å²) in [6.45, 7) is 4.57. The van der Waals surface area contributed by atoms with Crippen LogP contribution in [0.25, 0.3) is 101 Å². The van der Waals surface area contributed by atoms with Crippen molar-refractivity contribution in [1.29, 1.82) is 5.26 Å². The third kappa shape index (κ3) is 4.62. The summed E-state index contributed by atoms with van der Waals surface area (Å²) in [5.74, 6) is 0. The third-order valence-electron chi connectivity index (χ3n) is 10.6. The summed E-state index contributed by atoms with van der Waals surface area (Å²) in [7, 11) is 0. The van der Waals surface area contributed by atoms with E-state index in [1.54, 1.807) is 0 Å². The van der Waals surface area contributed by atoms with Crippen molar-refractivity contribution in [2.45, 2.75) is 6.42 Å². The molecule has 1 aliphatic rings. The topological polar surface area (TPSA) is 41.6 Å². The highest BCUT2D eigenvalue weighted by molar-refractivity contribution is 6.27. The lowest BCUT2D eigenvalue weighted by Crippen LogP contribution is -2.27. The second-order valence-corrected chi connectivity index (χ2v) is 13.5. The van der Waals surface area contributed by atoms with Gasteiger partial charge in [0, 0.05) is 28.1 Å². The average molecular weight is 662 g/mol. The molecule has 3 heteroatoms. The summed E-state index contributed by atoms with van der Waals surface area (Å²) in [4.78, 5) is 4.69. The Balaban J connectivity index is 1.19. The van der Waals surface area contributed by atoms with Crippen molar-refractivity contribution in [3.63, 3.8) is 0 Å². The summed E-state index contributed by atoms with van der Waals surface area (Å²) in [5.41, 5.74) is 10.6. The Hall–Kier alpha value is -7.02.